The molecule has 13 heavy (non-hydrogen) atoms. The van der Waals surface area contributed by atoms with Crippen LogP contribution in [0, 0.1) is 0 Å². The quantitative estimate of drug-likeness (QED) is 0.543. The van der Waals surface area contributed by atoms with Gasteiger partial charge < -0.3 is 9.30 Å². The SMILES string of the molecule is CC(C)OC(=O)[C@@H]1CCP(C)(=O)N1. The number of hydrogen-bond donors (Lipinski definition) is 1. The molecule has 76 valence electrons. The van der Waals surface area contributed by atoms with Crippen LogP contribution in [0.5, 0.6) is 0 Å². The minimum absolute atomic E-state index is 0.105. The smallest absolute Gasteiger partial charge is 0.323 e. The first kappa shape index (κ1) is 10.7. The molecule has 1 aliphatic heterocycles. The maximum atomic E-state index is 11.5. The van der Waals surface area contributed by atoms with Crippen molar-refractivity contribution in [3.05, 3.63) is 0 Å². The van der Waals surface area contributed by atoms with Crippen molar-refractivity contribution in [1.29, 1.82) is 0 Å². The predicted octanol–water partition coefficient (Wildman–Crippen LogP) is 1.21. The van der Waals surface area contributed by atoms with E-state index < -0.39 is 7.29 Å². The topological polar surface area (TPSA) is 55.4 Å². The van der Waals surface area contributed by atoms with E-state index >= 15 is 0 Å². The highest BCUT2D eigenvalue weighted by Crippen LogP contribution is 2.43. The Bertz CT molecular complexity index is 252. The molecule has 0 saturated carbocycles. The molecule has 0 aromatic rings. The summed E-state index contributed by atoms with van der Waals surface area (Å²) in [6.07, 6.45) is 1.11. The monoisotopic (exact) mass is 205 g/mol. The molecule has 0 aliphatic carbocycles. The number of esters is 1. The van der Waals surface area contributed by atoms with Crippen molar-refractivity contribution in [1.82, 2.24) is 5.09 Å². The van der Waals surface area contributed by atoms with Gasteiger partial charge in [-0.05, 0) is 20.3 Å². The zero-order valence-corrected chi connectivity index (χ0v) is 9.14. The first-order chi connectivity index (χ1) is 5.91. The summed E-state index contributed by atoms with van der Waals surface area (Å²) in [6, 6.07) is -0.363. The Balaban J connectivity index is 2.47. The van der Waals surface area contributed by atoms with Crippen molar-refractivity contribution in [3.63, 3.8) is 0 Å². The number of carbonyl (C=O) groups excluding carboxylic acids is 1. The van der Waals surface area contributed by atoms with Gasteiger partial charge in [0.25, 0.3) is 0 Å². The lowest BCUT2D eigenvalue weighted by Gasteiger charge is -2.13. The lowest BCUT2D eigenvalue weighted by atomic mass is 10.2. The maximum absolute atomic E-state index is 11.5. The molecule has 0 aromatic carbocycles. The van der Waals surface area contributed by atoms with Gasteiger partial charge in [-0.15, -0.1) is 0 Å². The highest BCUT2D eigenvalue weighted by Gasteiger charge is 2.34. The molecule has 1 rings (SSSR count). The lowest BCUT2D eigenvalue weighted by molar-refractivity contribution is -0.149. The van der Waals surface area contributed by atoms with Crippen molar-refractivity contribution in [2.45, 2.75) is 32.4 Å². The van der Waals surface area contributed by atoms with Crippen LogP contribution in [-0.2, 0) is 14.1 Å². The van der Waals surface area contributed by atoms with Gasteiger partial charge in [-0.3, -0.25) is 9.88 Å². The number of nitrogens with one attached hydrogen (secondary N) is 1. The summed E-state index contributed by atoms with van der Waals surface area (Å²) < 4.78 is 16.5. The first-order valence-electron chi connectivity index (χ1n) is 4.45. The Labute approximate surface area is 78.5 Å². The van der Waals surface area contributed by atoms with E-state index in [9.17, 15) is 9.36 Å². The van der Waals surface area contributed by atoms with E-state index in [2.05, 4.69) is 5.09 Å². The molecule has 0 aromatic heterocycles. The number of ether oxygens (including phenoxy) is 1. The van der Waals surface area contributed by atoms with Crippen LogP contribution in [0.4, 0.5) is 0 Å². The standard InChI is InChI=1S/C8H16NO3P/c1-6(2)12-8(10)7-4-5-13(3,11)9-7/h6-7H,4-5H2,1-3H3,(H,9,11)/t7-,13?/m0/s1. The van der Waals surface area contributed by atoms with Crippen molar-refractivity contribution < 1.29 is 14.1 Å². The Kier molecular flexibility index (Phi) is 3.14. The molecular weight excluding hydrogens is 189 g/mol. The molecule has 1 N–H and O–H groups in total. The third-order valence-electron chi connectivity index (χ3n) is 1.91. The zero-order chi connectivity index (χ0) is 10.1. The lowest BCUT2D eigenvalue weighted by Crippen LogP contribution is -2.32. The van der Waals surface area contributed by atoms with E-state index in [0.29, 0.717) is 12.6 Å². The normalized spacial score (nSPS) is 33.7. The molecule has 0 radical (unpaired) electrons. The number of carbonyl (C=O) groups is 1. The van der Waals surface area contributed by atoms with Crippen molar-refractivity contribution >= 4 is 13.3 Å². The van der Waals surface area contributed by atoms with Gasteiger partial charge in [-0.25, -0.2) is 0 Å². The van der Waals surface area contributed by atoms with Gasteiger partial charge in [0.1, 0.15) is 13.3 Å². The fraction of sp³-hybridized carbons (Fsp3) is 0.875. The van der Waals surface area contributed by atoms with Crippen LogP contribution >= 0.6 is 7.29 Å². The van der Waals surface area contributed by atoms with Crippen LogP contribution < -0.4 is 5.09 Å². The average molecular weight is 205 g/mol. The largest absolute Gasteiger partial charge is 0.462 e. The van der Waals surface area contributed by atoms with Crippen LogP contribution in [0.15, 0.2) is 0 Å². The minimum Gasteiger partial charge on any atom is -0.462 e. The summed E-state index contributed by atoms with van der Waals surface area (Å²) >= 11 is 0. The fourth-order valence-electron chi connectivity index (χ4n) is 1.32. The maximum Gasteiger partial charge on any atom is 0.323 e. The molecule has 1 unspecified atom stereocenters. The van der Waals surface area contributed by atoms with E-state index in [1.807, 2.05) is 0 Å². The van der Waals surface area contributed by atoms with Crippen LogP contribution in [0.2, 0.25) is 0 Å². The second-order valence-electron chi connectivity index (χ2n) is 3.78. The second kappa shape index (κ2) is 3.81. The van der Waals surface area contributed by atoms with E-state index in [1.54, 1.807) is 20.5 Å². The van der Waals surface area contributed by atoms with Gasteiger partial charge in [0.2, 0.25) is 0 Å². The summed E-state index contributed by atoms with van der Waals surface area (Å²) in [5, 5.41) is 2.82. The first-order valence-corrected chi connectivity index (χ1v) is 6.79. The van der Waals surface area contributed by atoms with E-state index in [1.165, 1.54) is 0 Å². The molecule has 5 heteroatoms. The Morgan fingerprint density at radius 2 is 2.23 bits per heavy atom. The zero-order valence-electron chi connectivity index (χ0n) is 8.24. The predicted molar refractivity (Wildman–Crippen MR) is 51.2 cm³/mol. The fourth-order valence-corrected chi connectivity index (χ4v) is 3.09. The second-order valence-corrected chi connectivity index (χ2v) is 6.69. The summed E-state index contributed by atoms with van der Waals surface area (Å²) in [5.74, 6) is -0.283. The number of hydrogen-bond acceptors (Lipinski definition) is 3. The van der Waals surface area contributed by atoms with Crippen molar-refractivity contribution in [2.24, 2.45) is 0 Å². The van der Waals surface area contributed by atoms with E-state index in [4.69, 9.17) is 4.74 Å². The molecule has 1 saturated heterocycles. The van der Waals surface area contributed by atoms with Gasteiger partial charge in [-0.2, -0.15) is 0 Å². The van der Waals surface area contributed by atoms with Gasteiger partial charge in [0, 0.05) is 12.8 Å². The third kappa shape index (κ3) is 3.12. The summed E-state index contributed by atoms with van der Waals surface area (Å²) in [5.41, 5.74) is 0. The molecule has 0 spiro atoms. The third-order valence-corrected chi connectivity index (χ3v) is 3.88. The molecule has 1 fully saturated rings. The minimum atomic E-state index is -2.25. The number of rotatable bonds is 2. The molecule has 1 aliphatic rings. The van der Waals surface area contributed by atoms with E-state index in [0.717, 1.165) is 0 Å². The molecule has 1 heterocycles. The van der Waals surface area contributed by atoms with Crippen molar-refractivity contribution in [3.8, 4) is 0 Å². The Morgan fingerprint density at radius 3 is 2.62 bits per heavy atom. The van der Waals surface area contributed by atoms with Crippen LogP contribution in [0.25, 0.3) is 0 Å². The molecular formula is C8H16NO3P. The van der Waals surface area contributed by atoms with Gasteiger partial charge in [-0.1, -0.05) is 0 Å². The Morgan fingerprint density at radius 1 is 1.62 bits per heavy atom. The van der Waals surface area contributed by atoms with Gasteiger partial charge >= 0.3 is 5.97 Å². The average Bonchev–Trinajstić information content (AvgIpc) is 2.28. The molecule has 0 bridgehead atoms. The van der Waals surface area contributed by atoms with Crippen LogP contribution in [0.1, 0.15) is 20.3 Å². The summed E-state index contributed by atoms with van der Waals surface area (Å²) in [4.78, 5) is 11.3. The van der Waals surface area contributed by atoms with Crippen LogP contribution in [-0.4, -0.2) is 30.9 Å². The highest BCUT2D eigenvalue weighted by molar-refractivity contribution is 7.61. The van der Waals surface area contributed by atoms with Gasteiger partial charge in [0.15, 0.2) is 0 Å². The molecule has 0 amide bonds. The summed E-state index contributed by atoms with van der Waals surface area (Å²) in [6.45, 7) is 5.27. The summed E-state index contributed by atoms with van der Waals surface area (Å²) in [7, 11) is -2.25. The van der Waals surface area contributed by atoms with Crippen LogP contribution in [0.3, 0.4) is 0 Å². The highest BCUT2D eigenvalue weighted by atomic mass is 31.2. The van der Waals surface area contributed by atoms with E-state index in [-0.39, 0.29) is 18.1 Å². The molecule has 2 atom stereocenters. The molecule has 4 nitrogen and oxygen atoms in total. The van der Waals surface area contributed by atoms with Gasteiger partial charge in [0.05, 0.1) is 6.10 Å². The van der Waals surface area contributed by atoms with Crippen molar-refractivity contribution in [2.75, 3.05) is 12.8 Å². The Hall–Kier alpha value is -0.340.